The summed E-state index contributed by atoms with van der Waals surface area (Å²) in [5.41, 5.74) is 13.4. The third kappa shape index (κ3) is 4.60. The fourth-order valence-corrected chi connectivity index (χ4v) is 2.24. The van der Waals surface area contributed by atoms with Gasteiger partial charge in [0.25, 0.3) is 0 Å². The Labute approximate surface area is 146 Å². The van der Waals surface area contributed by atoms with Gasteiger partial charge in [0.15, 0.2) is 0 Å². The first kappa shape index (κ1) is 18.5. The summed E-state index contributed by atoms with van der Waals surface area (Å²) < 4.78 is 5.29. The number of aliphatic hydroxyl groups is 1. The molecule has 1 aromatic carbocycles. The van der Waals surface area contributed by atoms with Gasteiger partial charge in [-0.05, 0) is 36.8 Å². The number of nitrogen functional groups attached to an aromatic ring is 1. The number of aliphatic hydroxyl groups excluding tert-OH is 1. The minimum absolute atomic E-state index is 0.0241. The molecule has 1 atom stereocenters. The second-order valence-corrected chi connectivity index (χ2v) is 5.15. The molecule has 8 nitrogen and oxygen atoms in total. The maximum Gasteiger partial charge on any atom is 0.149 e. The molecule has 1 aromatic heterocycles. The lowest BCUT2D eigenvalue weighted by Crippen LogP contribution is -2.32. The van der Waals surface area contributed by atoms with Gasteiger partial charge < -0.3 is 21.3 Å². The summed E-state index contributed by atoms with van der Waals surface area (Å²) in [5.74, 6) is 0.707. The zero-order valence-electron chi connectivity index (χ0n) is 14.0. The number of rotatable bonds is 7. The lowest BCUT2D eigenvalue weighted by Gasteiger charge is -2.23. The van der Waals surface area contributed by atoms with E-state index < -0.39 is 6.23 Å². The molecular formula is C17H22N6O2. The molecule has 0 spiro atoms. The summed E-state index contributed by atoms with van der Waals surface area (Å²) in [6.45, 7) is 1.72. The van der Waals surface area contributed by atoms with Crippen LogP contribution in [-0.4, -0.2) is 35.2 Å². The third-order valence-electron chi connectivity index (χ3n) is 3.48. The van der Waals surface area contributed by atoms with Crippen LogP contribution in [-0.2, 0) is 11.3 Å². The second-order valence-electron chi connectivity index (χ2n) is 5.15. The molecular weight excluding hydrogens is 320 g/mol. The molecule has 0 bridgehead atoms. The van der Waals surface area contributed by atoms with Crippen LogP contribution < -0.4 is 16.4 Å². The van der Waals surface area contributed by atoms with Crippen molar-refractivity contribution in [3.63, 3.8) is 0 Å². The van der Waals surface area contributed by atoms with Crippen molar-refractivity contribution in [2.75, 3.05) is 17.4 Å². The summed E-state index contributed by atoms with van der Waals surface area (Å²) in [4.78, 5) is 10.2. The Hall–Kier alpha value is -2.81. The van der Waals surface area contributed by atoms with Gasteiger partial charge in [-0.25, -0.2) is 9.98 Å². The zero-order valence-corrected chi connectivity index (χ0v) is 14.0. The molecule has 132 valence electrons. The van der Waals surface area contributed by atoms with E-state index in [0.717, 1.165) is 11.9 Å². The van der Waals surface area contributed by atoms with Crippen molar-refractivity contribution in [3.05, 3.63) is 53.7 Å². The first-order valence-corrected chi connectivity index (χ1v) is 7.70. The molecule has 0 aliphatic heterocycles. The quantitative estimate of drug-likeness (QED) is 0.340. The number of benzene rings is 1. The Balaban J connectivity index is 2.51. The highest BCUT2D eigenvalue weighted by atomic mass is 16.5. The van der Waals surface area contributed by atoms with E-state index in [-0.39, 0.29) is 13.3 Å². The number of pyridine rings is 1. The van der Waals surface area contributed by atoms with Crippen LogP contribution in [0.1, 0.15) is 18.1 Å². The third-order valence-corrected chi connectivity index (χ3v) is 3.48. The predicted octanol–water partition coefficient (Wildman–Crippen LogP) is 1.30. The van der Waals surface area contributed by atoms with Gasteiger partial charge in [0.05, 0.1) is 25.2 Å². The number of nitrogens with one attached hydrogen (secondary N) is 1. The number of amidine groups is 1. The molecule has 0 fully saturated rings. The highest BCUT2D eigenvalue weighted by Crippen LogP contribution is 2.20. The second kappa shape index (κ2) is 8.88. The smallest absolute Gasteiger partial charge is 0.149 e. The summed E-state index contributed by atoms with van der Waals surface area (Å²) in [6, 6.07) is 10.6. The van der Waals surface area contributed by atoms with Gasteiger partial charge in [-0.3, -0.25) is 10.3 Å². The molecule has 0 saturated heterocycles. The molecule has 8 heteroatoms. The lowest BCUT2D eigenvalue weighted by molar-refractivity contribution is 0.0777. The van der Waals surface area contributed by atoms with Crippen LogP contribution in [0.3, 0.4) is 0 Å². The molecule has 0 aliphatic carbocycles. The largest absolute Gasteiger partial charge is 0.392 e. The average molecular weight is 342 g/mol. The number of nitrogens with two attached hydrogens (primary N) is 2. The maximum absolute atomic E-state index is 9.19. The minimum atomic E-state index is -0.529. The molecule has 1 heterocycles. The van der Waals surface area contributed by atoms with Gasteiger partial charge in [0.2, 0.25) is 0 Å². The summed E-state index contributed by atoms with van der Waals surface area (Å²) in [6.07, 6.45) is 2.19. The summed E-state index contributed by atoms with van der Waals surface area (Å²) >= 11 is 0. The SMILES string of the molecule is CC(/N=C(/c1cccnc1N)N(C=N)c1ccc(CO)cc1)OCN. The number of anilines is 2. The first-order valence-electron chi connectivity index (χ1n) is 7.70. The Morgan fingerprint density at radius 3 is 2.68 bits per heavy atom. The molecule has 2 rings (SSSR count). The van der Waals surface area contributed by atoms with Crippen LogP contribution in [0.25, 0.3) is 0 Å². The van der Waals surface area contributed by atoms with Gasteiger partial charge in [0, 0.05) is 11.9 Å². The van der Waals surface area contributed by atoms with Gasteiger partial charge in [-0.1, -0.05) is 12.1 Å². The molecule has 6 N–H and O–H groups in total. The molecule has 1 unspecified atom stereocenters. The van der Waals surface area contributed by atoms with E-state index in [9.17, 15) is 5.11 Å². The number of hydrogen-bond acceptors (Lipinski definition) is 7. The number of aromatic nitrogens is 1. The van der Waals surface area contributed by atoms with E-state index in [2.05, 4.69) is 9.98 Å². The van der Waals surface area contributed by atoms with Gasteiger partial charge in [-0.15, -0.1) is 0 Å². The van der Waals surface area contributed by atoms with E-state index in [0.29, 0.717) is 22.9 Å². The molecule has 0 saturated carbocycles. The van der Waals surface area contributed by atoms with Crippen LogP contribution >= 0.6 is 0 Å². The average Bonchev–Trinajstić information content (AvgIpc) is 2.63. The topological polar surface area (TPSA) is 134 Å². The van der Waals surface area contributed by atoms with Crippen molar-refractivity contribution in [3.8, 4) is 0 Å². The van der Waals surface area contributed by atoms with E-state index in [1.165, 1.54) is 0 Å². The summed E-state index contributed by atoms with van der Waals surface area (Å²) in [7, 11) is 0. The van der Waals surface area contributed by atoms with E-state index >= 15 is 0 Å². The normalized spacial score (nSPS) is 12.7. The van der Waals surface area contributed by atoms with Crippen LogP contribution in [0.2, 0.25) is 0 Å². The van der Waals surface area contributed by atoms with Crippen molar-refractivity contribution in [2.24, 2.45) is 10.7 Å². The number of aliphatic imine (C=N–C) groups is 1. The van der Waals surface area contributed by atoms with Crippen molar-refractivity contribution in [1.29, 1.82) is 5.41 Å². The van der Waals surface area contributed by atoms with Crippen LogP contribution in [0, 0.1) is 5.41 Å². The van der Waals surface area contributed by atoms with E-state index in [1.54, 1.807) is 54.4 Å². The van der Waals surface area contributed by atoms with Crippen molar-refractivity contribution < 1.29 is 9.84 Å². The first-order chi connectivity index (χ1) is 12.1. The van der Waals surface area contributed by atoms with Crippen molar-refractivity contribution in [2.45, 2.75) is 19.8 Å². The van der Waals surface area contributed by atoms with Gasteiger partial charge >= 0.3 is 0 Å². The van der Waals surface area contributed by atoms with Crippen LogP contribution in [0.4, 0.5) is 11.5 Å². The van der Waals surface area contributed by atoms with Crippen LogP contribution in [0.5, 0.6) is 0 Å². The standard InChI is InChI=1S/C17H22N6O2/c1-12(25-11-19)22-17(15-3-2-8-21-16(15)20)23(10-18)14-6-4-13(9-24)5-7-14/h2-8,10,12,18,24H,9,11,19H2,1H3,(H2,20,21)/b18-10?,22-17-. The van der Waals surface area contributed by atoms with Crippen molar-refractivity contribution >= 4 is 23.7 Å². The maximum atomic E-state index is 9.19. The number of hydrogen-bond donors (Lipinski definition) is 4. The van der Waals surface area contributed by atoms with E-state index in [4.69, 9.17) is 21.6 Å². The minimum Gasteiger partial charge on any atom is -0.392 e. The molecule has 2 aromatic rings. The fourth-order valence-electron chi connectivity index (χ4n) is 2.24. The molecule has 25 heavy (non-hydrogen) atoms. The molecule has 0 aliphatic rings. The fraction of sp³-hybridized carbons (Fsp3) is 0.235. The van der Waals surface area contributed by atoms with Crippen molar-refractivity contribution in [1.82, 2.24) is 4.98 Å². The summed E-state index contributed by atoms with van der Waals surface area (Å²) in [5, 5.41) is 17.0. The monoisotopic (exact) mass is 342 g/mol. The highest BCUT2D eigenvalue weighted by molar-refractivity contribution is 6.20. The highest BCUT2D eigenvalue weighted by Gasteiger charge is 2.18. The number of nitrogens with zero attached hydrogens (tertiary/aromatic N) is 3. The predicted molar refractivity (Wildman–Crippen MR) is 98.4 cm³/mol. The zero-order chi connectivity index (χ0) is 18.2. The van der Waals surface area contributed by atoms with Gasteiger partial charge in [0.1, 0.15) is 17.9 Å². The molecule has 0 radical (unpaired) electrons. The Morgan fingerprint density at radius 2 is 2.12 bits per heavy atom. The Morgan fingerprint density at radius 1 is 1.40 bits per heavy atom. The van der Waals surface area contributed by atoms with Crippen LogP contribution in [0.15, 0.2) is 47.6 Å². The lowest BCUT2D eigenvalue weighted by atomic mass is 10.1. The Kier molecular flexibility index (Phi) is 6.58. The van der Waals surface area contributed by atoms with Gasteiger partial charge in [-0.2, -0.15) is 0 Å². The number of ether oxygens (including phenoxy) is 1. The Bertz CT molecular complexity index is 732. The molecule has 0 amide bonds. The van der Waals surface area contributed by atoms with E-state index in [1.807, 2.05) is 0 Å².